The summed E-state index contributed by atoms with van der Waals surface area (Å²) in [5.41, 5.74) is 3.47. The van der Waals surface area contributed by atoms with Gasteiger partial charge in [0.15, 0.2) is 11.5 Å². The number of benzene rings is 3. The van der Waals surface area contributed by atoms with Gasteiger partial charge in [0.2, 0.25) is 0 Å². The summed E-state index contributed by atoms with van der Waals surface area (Å²) in [6.45, 7) is 3.35. The maximum Gasteiger partial charge on any atom is 0.166 e. The number of hydrogen-bond donors (Lipinski definition) is 1. The predicted octanol–water partition coefficient (Wildman–Crippen LogP) is 6.04. The molecule has 0 unspecified atom stereocenters. The normalized spacial score (nSPS) is 11.8. The van der Waals surface area contributed by atoms with Crippen molar-refractivity contribution in [2.75, 3.05) is 7.11 Å². The molecule has 0 radical (unpaired) electrons. The minimum absolute atomic E-state index is 0.363. The van der Waals surface area contributed by atoms with Gasteiger partial charge < -0.3 is 14.8 Å². The first-order chi connectivity index (χ1) is 14.2. The van der Waals surface area contributed by atoms with Crippen LogP contribution in [0.4, 0.5) is 0 Å². The van der Waals surface area contributed by atoms with E-state index in [-0.39, 0.29) is 0 Å². The number of nitrogens with one attached hydrogen (secondary N) is 1. The monoisotopic (exact) mass is 409 g/mol. The zero-order valence-corrected chi connectivity index (χ0v) is 17.8. The Labute approximate surface area is 178 Å². The van der Waals surface area contributed by atoms with Crippen molar-refractivity contribution in [1.82, 2.24) is 5.32 Å². The van der Waals surface area contributed by atoms with Crippen molar-refractivity contribution in [1.29, 1.82) is 0 Å². The summed E-state index contributed by atoms with van der Waals surface area (Å²) < 4.78 is 11.7. The summed E-state index contributed by atoms with van der Waals surface area (Å²) in [7, 11) is 1.64. The molecule has 0 aliphatic carbocycles. The van der Waals surface area contributed by atoms with Gasteiger partial charge in [-0.15, -0.1) is 0 Å². The summed E-state index contributed by atoms with van der Waals surface area (Å²) in [5, 5.41) is 4.23. The van der Waals surface area contributed by atoms with Crippen molar-refractivity contribution in [3.8, 4) is 11.5 Å². The van der Waals surface area contributed by atoms with Gasteiger partial charge in [-0.25, -0.2) is 0 Å². The molecular formula is C25H28ClNO2. The van der Waals surface area contributed by atoms with Crippen LogP contribution in [0.2, 0.25) is 5.02 Å². The molecular weight excluding hydrogens is 382 g/mol. The molecule has 0 aliphatic heterocycles. The first-order valence-corrected chi connectivity index (χ1v) is 10.3. The van der Waals surface area contributed by atoms with Gasteiger partial charge in [-0.2, -0.15) is 0 Å². The Hall–Kier alpha value is -2.49. The minimum Gasteiger partial charge on any atom is -0.493 e. The van der Waals surface area contributed by atoms with E-state index in [0.717, 1.165) is 29.7 Å². The fourth-order valence-corrected chi connectivity index (χ4v) is 3.44. The van der Waals surface area contributed by atoms with Crippen LogP contribution in [0.25, 0.3) is 0 Å². The van der Waals surface area contributed by atoms with E-state index in [9.17, 15) is 0 Å². The molecule has 3 rings (SSSR count). The van der Waals surface area contributed by atoms with Gasteiger partial charge in [-0.1, -0.05) is 72.3 Å². The lowest BCUT2D eigenvalue weighted by atomic mass is 10.1. The average Bonchev–Trinajstić information content (AvgIpc) is 2.76. The summed E-state index contributed by atoms with van der Waals surface area (Å²) in [5.74, 6) is 1.39. The van der Waals surface area contributed by atoms with Crippen molar-refractivity contribution >= 4 is 11.6 Å². The first kappa shape index (κ1) is 21.2. The van der Waals surface area contributed by atoms with E-state index in [0.29, 0.717) is 30.0 Å². The summed E-state index contributed by atoms with van der Waals surface area (Å²) in [4.78, 5) is 0. The lowest BCUT2D eigenvalue weighted by Crippen LogP contribution is -2.26. The van der Waals surface area contributed by atoms with Crippen molar-refractivity contribution in [2.24, 2.45) is 0 Å². The van der Waals surface area contributed by atoms with Crippen LogP contribution in [-0.2, 0) is 19.6 Å². The molecule has 3 aromatic rings. The summed E-state index contributed by atoms with van der Waals surface area (Å²) in [6.07, 6.45) is 2.10. The first-order valence-electron chi connectivity index (χ1n) is 9.96. The van der Waals surface area contributed by atoms with Gasteiger partial charge >= 0.3 is 0 Å². The van der Waals surface area contributed by atoms with Crippen LogP contribution >= 0.6 is 11.6 Å². The predicted molar refractivity (Wildman–Crippen MR) is 120 cm³/mol. The molecule has 152 valence electrons. The second-order valence-electron chi connectivity index (χ2n) is 7.18. The molecule has 0 spiro atoms. The Kier molecular flexibility index (Phi) is 7.97. The minimum atomic E-state index is 0.363. The van der Waals surface area contributed by atoms with E-state index in [4.69, 9.17) is 21.1 Å². The zero-order chi connectivity index (χ0) is 20.5. The fourth-order valence-electron chi connectivity index (χ4n) is 3.21. The van der Waals surface area contributed by atoms with Crippen molar-refractivity contribution in [3.05, 3.63) is 94.5 Å². The van der Waals surface area contributed by atoms with Crippen molar-refractivity contribution < 1.29 is 9.47 Å². The highest BCUT2D eigenvalue weighted by atomic mass is 35.5. The Bertz CT molecular complexity index is 884. The molecule has 0 heterocycles. The zero-order valence-electron chi connectivity index (χ0n) is 17.0. The lowest BCUT2D eigenvalue weighted by Gasteiger charge is -2.19. The second kappa shape index (κ2) is 10.9. The number of methoxy groups -OCH3 is 1. The molecule has 0 amide bonds. The third kappa shape index (κ3) is 6.52. The molecule has 4 heteroatoms. The van der Waals surface area contributed by atoms with E-state index < -0.39 is 0 Å². The van der Waals surface area contributed by atoms with Gasteiger partial charge in [0.1, 0.15) is 6.61 Å². The molecule has 29 heavy (non-hydrogen) atoms. The fraction of sp³-hybridized carbons (Fsp3) is 0.280. The molecule has 0 saturated carbocycles. The highest BCUT2D eigenvalue weighted by molar-refractivity contribution is 6.30. The molecule has 1 N–H and O–H groups in total. The van der Waals surface area contributed by atoms with E-state index in [1.165, 1.54) is 5.56 Å². The van der Waals surface area contributed by atoms with Gasteiger partial charge in [0.05, 0.1) is 7.11 Å². The number of hydrogen-bond acceptors (Lipinski definition) is 3. The number of halogens is 1. The van der Waals surface area contributed by atoms with Crippen LogP contribution in [0.1, 0.15) is 30.0 Å². The molecule has 1 atom stereocenters. The topological polar surface area (TPSA) is 30.5 Å². The van der Waals surface area contributed by atoms with Gasteiger partial charge in [0, 0.05) is 29.2 Å². The number of ether oxygens (including phenoxy) is 2. The Morgan fingerprint density at radius 1 is 0.931 bits per heavy atom. The third-order valence-electron chi connectivity index (χ3n) is 4.89. The number of rotatable bonds is 10. The Balaban J connectivity index is 1.64. The summed E-state index contributed by atoms with van der Waals surface area (Å²) in [6, 6.07) is 24.8. The SMILES string of the molecule is COc1cc(Cl)cc(CN[C@@H](C)CCc2ccccc2)c1OCc1ccccc1. The molecule has 0 fully saturated rings. The van der Waals surface area contributed by atoms with Gasteiger partial charge in [0.25, 0.3) is 0 Å². The van der Waals surface area contributed by atoms with E-state index in [1.54, 1.807) is 13.2 Å². The van der Waals surface area contributed by atoms with Crippen LogP contribution in [0.15, 0.2) is 72.8 Å². The van der Waals surface area contributed by atoms with Crippen LogP contribution in [0.3, 0.4) is 0 Å². The van der Waals surface area contributed by atoms with Crippen LogP contribution in [-0.4, -0.2) is 13.2 Å². The highest BCUT2D eigenvalue weighted by Gasteiger charge is 2.14. The molecule has 0 aliphatic rings. The maximum atomic E-state index is 6.31. The maximum absolute atomic E-state index is 6.31. The van der Waals surface area contributed by atoms with Crippen molar-refractivity contribution in [3.63, 3.8) is 0 Å². The van der Waals surface area contributed by atoms with E-state index in [2.05, 4.69) is 42.6 Å². The summed E-state index contributed by atoms with van der Waals surface area (Å²) >= 11 is 6.31. The highest BCUT2D eigenvalue weighted by Crippen LogP contribution is 2.35. The van der Waals surface area contributed by atoms with Crippen LogP contribution in [0, 0.1) is 0 Å². The average molecular weight is 410 g/mol. The quantitative estimate of drug-likeness (QED) is 0.443. The molecule has 3 nitrogen and oxygen atoms in total. The molecule has 0 bridgehead atoms. The molecule has 0 aromatic heterocycles. The van der Waals surface area contributed by atoms with Gasteiger partial charge in [-0.05, 0) is 37.0 Å². The standard InChI is InChI=1S/C25H28ClNO2/c1-19(13-14-20-9-5-3-6-10-20)27-17-22-15-23(26)16-24(28-2)25(22)29-18-21-11-7-4-8-12-21/h3-12,15-16,19,27H,13-14,17-18H2,1-2H3/t19-/m0/s1. The second-order valence-corrected chi connectivity index (χ2v) is 7.61. The number of aryl methyl sites for hydroxylation is 1. The smallest absolute Gasteiger partial charge is 0.166 e. The lowest BCUT2D eigenvalue weighted by molar-refractivity contribution is 0.280. The Morgan fingerprint density at radius 3 is 2.24 bits per heavy atom. The van der Waals surface area contributed by atoms with E-state index >= 15 is 0 Å². The van der Waals surface area contributed by atoms with E-state index in [1.807, 2.05) is 36.4 Å². The molecule has 3 aromatic carbocycles. The van der Waals surface area contributed by atoms with Crippen molar-refractivity contribution in [2.45, 2.75) is 39.0 Å². The van der Waals surface area contributed by atoms with Crippen LogP contribution in [0.5, 0.6) is 11.5 Å². The Morgan fingerprint density at radius 2 is 1.59 bits per heavy atom. The third-order valence-corrected chi connectivity index (χ3v) is 5.11. The van der Waals surface area contributed by atoms with Gasteiger partial charge in [-0.3, -0.25) is 0 Å². The largest absolute Gasteiger partial charge is 0.493 e. The van der Waals surface area contributed by atoms with Crippen LogP contribution < -0.4 is 14.8 Å². The molecule has 0 saturated heterocycles.